The number of amides is 1. The Morgan fingerprint density at radius 2 is 1.82 bits per heavy atom. The summed E-state index contributed by atoms with van der Waals surface area (Å²) < 4.78 is 14.4. The molecule has 40 heavy (non-hydrogen) atoms. The second-order valence-electron chi connectivity index (χ2n) is 9.56. The lowest BCUT2D eigenvalue weighted by atomic mass is 9.99. The van der Waals surface area contributed by atoms with Gasteiger partial charge in [-0.05, 0) is 60.9 Å². The van der Waals surface area contributed by atoms with Crippen LogP contribution in [-0.2, 0) is 16.1 Å². The van der Waals surface area contributed by atoms with Crippen LogP contribution in [0.3, 0.4) is 0 Å². The molecular weight excluding hydrogens is 530 g/mol. The van der Waals surface area contributed by atoms with Gasteiger partial charge >= 0.3 is 0 Å². The minimum atomic E-state index is -0.312. The summed E-state index contributed by atoms with van der Waals surface area (Å²) in [6.45, 7) is 1.35. The average molecular weight is 556 g/mol. The van der Waals surface area contributed by atoms with E-state index in [4.69, 9.17) is 26.2 Å². The van der Waals surface area contributed by atoms with Gasteiger partial charge in [-0.3, -0.25) is 14.2 Å². The molecule has 5 aromatic rings. The number of pyridine rings is 1. The van der Waals surface area contributed by atoms with Gasteiger partial charge < -0.3 is 14.8 Å². The molecule has 1 aliphatic heterocycles. The van der Waals surface area contributed by atoms with E-state index in [0.29, 0.717) is 54.0 Å². The Balaban J connectivity index is 1.35. The van der Waals surface area contributed by atoms with Crippen LogP contribution in [0.25, 0.3) is 16.9 Å². The number of nitrogens with zero attached hydrogens (tertiary/aromatic N) is 4. The highest BCUT2D eigenvalue weighted by Gasteiger charge is 2.23. The predicted molar refractivity (Wildman–Crippen MR) is 152 cm³/mol. The van der Waals surface area contributed by atoms with Crippen LogP contribution in [-0.4, -0.2) is 38.3 Å². The lowest BCUT2D eigenvalue weighted by Gasteiger charge is -2.21. The maximum absolute atomic E-state index is 13.7. The van der Waals surface area contributed by atoms with Gasteiger partial charge in [0.1, 0.15) is 17.1 Å². The number of halogens is 1. The molecule has 10 heteroatoms. The normalized spacial score (nSPS) is 13.8. The molecule has 0 radical (unpaired) electrons. The number of ether oxygens (including phenoxy) is 2. The van der Waals surface area contributed by atoms with E-state index in [1.54, 1.807) is 39.7 Å². The van der Waals surface area contributed by atoms with Gasteiger partial charge in [0.15, 0.2) is 0 Å². The van der Waals surface area contributed by atoms with Gasteiger partial charge in [0.05, 0.1) is 18.4 Å². The number of benzene rings is 2. The molecule has 9 nitrogen and oxygen atoms in total. The minimum absolute atomic E-state index is 0.173. The van der Waals surface area contributed by atoms with Crippen LogP contribution < -0.4 is 15.6 Å². The van der Waals surface area contributed by atoms with Crippen molar-refractivity contribution in [1.82, 2.24) is 19.2 Å². The summed E-state index contributed by atoms with van der Waals surface area (Å²) in [5.74, 6) is 0.760. The van der Waals surface area contributed by atoms with Gasteiger partial charge in [-0.1, -0.05) is 29.8 Å². The Hall–Kier alpha value is -4.47. The van der Waals surface area contributed by atoms with E-state index in [2.05, 4.69) is 10.3 Å². The minimum Gasteiger partial charge on any atom is -0.439 e. The Labute approximate surface area is 235 Å². The quantitative estimate of drug-likeness (QED) is 0.288. The standard InChI is InChI=1S/C30H26ClN5O4/c31-23-8-4-20(5-9-23)18-35-28-17-25(21-6-10-24(11-7-21)40-27-3-1-2-14-32-27)34-36(28)19-26(30(35)38)33-29(37)22-12-15-39-16-13-22/h1-11,14,17,19,22H,12-13,15-16,18H2,(H,33,37). The third-order valence-corrected chi connectivity index (χ3v) is 7.09. The first-order valence-electron chi connectivity index (χ1n) is 13.0. The number of anilines is 1. The number of nitrogens with one attached hydrogen (secondary N) is 1. The first kappa shape index (κ1) is 25.8. The molecule has 202 valence electrons. The molecule has 0 spiro atoms. The maximum Gasteiger partial charge on any atom is 0.277 e. The molecule has 0 aliphatic carbocycles. The maximum atomic E-state index is 13.7. The zero-order valence-electron chi connectivity index (χ0n) is 21.5. The fraction of sp³-hybridized carbons (Fsp3) is 0.200. The van der Waals surface area contributed by atoms with Crippen molar-refractivity contribution in [3.8, 4) is 22.9 Å². The highest BCUT2D eigenvalue weighted by Crippen LogP contribution is 2.26. The van der Waals surface area contributed by atoms with E-state index in [-0.39, 0.29) is 29.6 Å². The first-order valence-corrected chi connectivity index (χ1v) is 13.4. The van der Waals surface area contributed by atoms with E-state index < -0.39 is 0 Å². The summed E-state index contributed by atoms with van der Waals surface area (Å²) in [5.41, 5.74) is 2.85. The zero-order chi connectivity index (χ0) is 27.5. The molecule has 1 saturated heterocycles. The summed E-state index contributed by atoms with van der Waals surface area (Å²) in [5, 5.41) is 8.21. The number of carbonyl (C=O) groups excluding carboxylic acids is 1. The van der Waals surface area contributed by atoms with Crippen LogP contribution in [0.15, 0.2) is 90.0 Å². The smallest absolute Gasteiger partial charge is 0.277 e. The van der Waals surface area contributed by atoms with E-state index in [1.165, 1.54) is 0 Å². The molecule has 4 heterocycles. The molecule has 1 N–H and O–H groups in total. The summed E-state index contributed by atoms with van der Waals surface area (Å²) in [7, 11) is 0. The monoisotopic (exact) mass is 555 g/mol. The van der Waals surface area contributed by atoms with Gasteiger partial charge in [0, 0.05) is 48.0 Å². The molecule has 1 aliphatic rings. The molecule has 1 amide bonds. The number of fused-ring (bicyclic) bond motifs is 1. The Morgan fingerprint density at radius 3 is 2.55 bits per heavy atom. The number of hydrogen-bond donors (Lipinski definition) is 1. The van der Waals surface area contributed by atoms with Gasteiger partial charge in [0.2, 0.25) is 11.8 Å². The molecule has 2 aromatic carbocycles. The molecule has 6 rings (SSSR count). The molecule has 1 fully saturated rings. The van der Waals surface area contributed by atoms with Gasteiger partial charge in [-0.15, -0.1) is 0 Å². The Bertz CT molecular complexity index is 1690. The van der Waals surface area contributed by atoms with Crippen LogP contribution in [0.1, 0.15) is 18.4 Å². The molecule has 3 aromatic heterocycles. The Morgan fingerprint density at radius 1 is 1.05 bits per heavy atom. The SMILES string of the molecule is O=C(Nc1cn2nc(-c3ccc(Oc4ccccn4)cc3)cc2n(Cc2ccc(Cl)cc2)c1=O)C1CCOCC1. The van der Waals surface area contributed by atoms with Crippen molar-refractivity contribution in [2.24, 2.45) is 5.92 Å². The average Bonchev–Trinajstić information content (AvgIpc) is 3.41. The van der Waals surface area contributed by atoms with Crippen molar-refractivity contribution >= 4 is 28.8 Å². The highest BCUT2D eigenvalue weighted by atomic mass is 35.5. The second-order valence-corrected chi connectivity index (χ2v) is 10.00. The van der Waals surface area contributed by atoms with Crippen molar-refractivity contribution in [2.75, 3.05) is 18.5 Å². The second kappa shape index (κ2) is 11.3. The van der Waals surface area contributed by atoms with E-state index in [9.17, 15) is 9.59 Å². The van der Waals surface area contributed by atoms with Gasteiger partial charge in [-0.2, -0.15) is 5.10 Å². The van der Waals surface area contributed by atoms with Crippen LogP contribution in [0.2, 0.25) is 5.02 Å². The predicted octanol–water partition coefficient (Wildman–Crippen LogP) is 5.42. The summed E-state index contributed by atoms with van der Waals surface area (Å²) in [6.07, 6.45) is 4.50. The lowest BCUT2D eigenvalue weighted by molar-refractivity contribution is -0.122. The number of hydrogen-bond acceptors (Lipinski definition) is 6. The Kier molecular flexibility index (Phi) is 7.31. The summed E-state index contributed by atoms with van der Waals surface area (Å²) in [6, 6.07) is 22.1. The number of aromatic nitrogens is 4. The third-order valence-electron chi connectivity index (χ3n) is 6.83. The number of rotatable bonds is 7. The summed E-state index contributed by atoms with van der Waals surface area (Å²) in [4.78, 5) is 30.8. The molecular formula is C30H26ClN5O4. The topological polar surface area (TPSA) is 99.8 Å². The molecule has 0 unspecified atom stereocenters. The van der Waals surface area contributed by atoms with Crippen molar-refractivity contribution in [3.63, 3.8) is 0 Å². The van der Waals surface area contributed by atoms with Crippen LogP contribution in [0.5, 0.6) is 11.6 Å². The highest BCUT2D eigenvalue weighted by molar-refractivity contribution is 6.30. The fourth-order valence-corrected chi connectivity index (χ4v) is 4.80. The third kappa shape index (κ3) is 5.61. The van der Waals surface area contributed by atoms with Crippen LogP contribution >= 0.6 is 11.6 Å². The van der Waals surface area contributed by atoms with E-state index >= 15 is 0 Å². The van der Waals surface area contributed by atoms with Gasteiger partial charge in [-0.25, -0.2) is 9.50 Å². The number of carbonyl (C=O) groups is 1. The van der Waals surface area contributed by atoms with Gasteiger partial charge in [0.25, 0.3) is 5.56 Å². The largest absolute Gasteiger partial charge is 0.439 e. The molecule has 0 atom stereocenters. The summed E-state index contributed by atoms with van der Waals surface area (Å²) >= 11 is 6.07. The molecule has 0 bridgehead atoms. The van der Waals surface area contributed by atoms with Crippen LogP contribution in [0, 0.1) is 5.92 Å². The van der Waals surface area contributed by atoms with Crippen molar-refractivity contribution < 1.29 is 14.3 Å². The van der Waals surface area contributed by atoms with Crippen molar-refractivity contribution in [3.05, 3.63) is 106 Å². The van der Waals surface area contributed by atoms with Crippen molar-refractivity contribution in [1.29, 1.82) is 0 Å². The fourth-order valence-electron chi connectivity index (χ4n) is 4.68. The van der Waals surface area contributed by atoms with Crippen molar-refractivity contribution in [2.45, 2.75) is 19.4 Å². The zero-order valence-corrected chi connectivity index (χ0v) is 22.3. The van der Waals surface area contributed by atoms with Crippen LogP contribution in [0.4, 0.5) is 5.69 Å². The van der Waals surface area contributed by atoms with E-state index in [1.807, 2.05) is 54.6 Å². The molecule has 0 saturated carbocycles. The first-order chi connectivity index (χ1) is 19.5. The van der Waals surface area contributed by atoms with E-state index in [0.717, 1.165) is 11.1 Å². The lowest BCUT2D eigenvalue weighted by Crippen LogP contribution is -2.33.